The van der Waals surface area contributed by atoms with Crippen LogP contribution in [0.15, 0.2) is 11.6 Å². The van der Waals surface area contributed by atoms with Gasteiger partial charge in [0.05, 0.1) is 6.54 Å². The molecule has 0 bridgehead atoms. The Morgan fingerprint density at radius 3 is 3.00 bits per heavy atom. The maximum absolute atomic E-state index is 5.64. The molecule has 2 aromatic heterocycles. The van der Waals surface area contributed by atoms with Gasteiger partial charge in [0.15, 0.2) is 0 Å². The predicted molar refractivity (Wildman–Crippen MR) is 60.7 cm³/mol. The quantitative estimate of drug-likeness (QED) is 0.841. The number of hydrogen-bond donors (Lipinski definition) is 2. The number of anilines is 2. The summed E-state index contributed by atoms with van der Waals surface area (Å²) >= 11 is 3.02. The minimum absolute atomic E-state index is 0.608. The van der Waals surface area contributed by atoms with Crippen LogP contribution >= 0.6 is 22.9 Å². The van der Waals surface area contributed by atoms with Gasteiger partial charge < -0.3 is 11.1 Å². The Balaban J connectivity index is 2.02. The van der Waals surface area contributed by atoms with Gasteiger partial charge in [0, 0.05) is 17.1 Å². The summed E-state index contributed by atoms with van der Waals surface area (Å²) < 4.78 is 4.06. The van der Waals surface area contributed by atoms with Crippen LogP contribution in [0.1, 0.15) is 10.6 Å². The zero-order valence-electron chi connectivity index (χ0n) is 7.65. The molecule has 0 aliphatic carbocycles. The third-order valence-electron chi connectivity index (χ3n) is 1.84. The molecule has 74 valence electrons. The van der Waals surface area contributed by atoms with Gasteiger partial charge in [0.2, 0.25) is 0 Å². The number of aromatic nitrogens is 2. The van der Waals surface area contributed by atoms with Crippen molar-refractivity contribution in [2.24, 2.45) is 0 Å². The highest BCUT2D eigenvalue weighted by Crippen LogP contribution is 2.25. The average Bonchev–Trinajstić information content (AvgIpc) is 2.77. The van der Waals surface area contributed by atoms with Crippen LogP contribution in [0.25, 0.3) is 0 Å². The molecule has 4 nitrogen and oxygen atoms in total. The highest BCUT2D eigenvalue weighted by atomic mass is 32.1. The van der Waals surface area contributed by atoms with Crippen LogP contribution in [0.3, 0.4) is 0 Å². The van der Waals surface area contributed by atoms with Crippen molar-refractivity contribution in [3.63, 3.8) is 0 Å². The minimum Gasteiger partial charge on any atom is -0.383 e. The zero-order valence-corrected chi connectivity index (χ0v) is 9.28. The van der Waals surface area contributed by atoms with Crippen molar-refractivity contribution < 1.29 is 0 Å². The highest BCUT2D eigenvalue weighted by Gasteiger charge is 2.06. The Morgan fingerprint density at radius 2 is 2.43 bits per heavy atom. The third kappa shape index (κ3) is 1.85. The lowest BCUT2D eigenvalue weighted by molar-refractivity contribution is 1.11. The molecular formula is C8H10N4S2. The topological polar surface area (TPSA) is 63.8 Å². The molecule has 14 heavy (non-hydrogen) atoms. The fraction of sp³-hybridized carbons (Fsp3) is 0.250. The normalized spacial score (nSPS) is 10.4. The van der Waals surface area contributed by atoms with Crippen LogP contribution < -0.4 is 11.1 Å². The zero-order chi connectivity index (χ0) is 9.97. The fourth-order valence-corrected chi connectivity index (χ4v) is 2.27. The summed E-state index contributed by atoms with van der Waals surface area (Å²) in [6.45, 7) is 2.70. The summed E-state index contributed by atoms with van der Waals surface area (Å²) in [6.07, 6.45) is 1.80. The number of nitrogens with zero attached hydrogens (tertiary/aromatic N) is 2. The second-order valence-corrected chi connectivity index (χ2v) is 4.55. The molecule has 0 atom stereocenters. The number of rotatable bonds is 3. The van der Waals surface area contributed by atoms with Crippen molar-refractivity contribution in [3.05, 3.63) is 22.1 Å². The first-order chi connectivity index (χ1) is 6.77. The number of nitrogen functional groups attached to an aromatic ring is 1. The summed E-state index contributed by atoms with van der Waals surface area (Å²) in [5, 5.41) is 7.32. The Bertz CT molecular complexity index is 407. The Hall–Kier alpha value is -1.14. The summed E-state index contributed by atoms with van der Waals surface area (Å²) in [5.41, 5.74) is 6.66. The van der Waals surface area contributed by atoms with Crippen LogP contribution in [0.5, 0.6) is 0 Å². The molecular weight excluding hydrogens is 216 g/mol. The third-order valence-corrected chi connectivity index (χ3v) is 3.54. The van der Waals surface area contributed by atoms with Crippen LogP contribution in [0.4, 0.5) is 10.8 Å². The molecule has 2 rings (SSSR count). The number of thiazole rings is 1. The second kappa shape index (κ2) is 3.93. The molecule has 3 N–H and O–H groups in total. The smallest absolute Gasteiger partial charge is 0.142 e. The van der Waals surface area contributed by atoms with Crippen LogP contribution in [0.2, 0.25) is 0 Å². The molecule has 0 fully saturated rings. The second-order valence-electron chi connectivity index (χ2n) is 2.80. The molecule has 0 saturated carbocycles. The molecule has 0 spiro atoms. The molecule has 0 aromatic carbocycles. The maximum Gasteiger partial charge on any atom is 0.142 e. The van der Waals surface area contributed by atoms with Gasteiger partial charge in [0.25, 0.3) is 0 Å². The average molecular weight is 226 g/mol. The van der Waals surface area contributed by atoms with Crippen LogP contribution in [-0.2, 0) is 6.54 Å². The SMILES string of the molecule is Cc1c(N)nsc1NCc1nccs1. The first-order valence-electron chi connectivity index (χ1n) is 4.11. The van der Waals surface area contributed by atoms with Crippen molar-refractivity contribution >= 4 is 33.7 Å². The van der Waals surface area contributed by atoms with Crippen molar-refractivity contribution in [3.8, 4) is 0 Å². The van der Waals surface area contributed by atoms with E-state index in [4.69, 9.17) is 5.73 Å². The minimum atomic E-state index is 0.608. The number of nitrogens with one attached hydrogen (secondary N) is 1. The summed E-state index contributed by atoms with van der Waals surface area (Å²) in [6, 6.07) is 0. The lowest BCUT2D eigenvalue weighted by Gasteiger charge is -2.00. The van der Waals surface area contributed by atoms with Crippen molar-refractivity contribution in [2.75, 3.05) is 11.1 Å². The van der Waals surface area contributed by atoms with Crippen molar-refractivity contribution in [1.29, 1.82) is 0 Å². The van der Waals surface area contributed by atoms with E-state index < -0.39 is 0 Å². The first kappa shape index (κ1) is 9.42. The van der Waals surface area contributed by atoms with Crippen LogP contribution in [-0.4, -0.2) is 9.36 Å². The van der Waals surface area contributed by atoms with E-state index >= 15 is 0 Å². The molecule has 0 aliphatic heterocycles. The molecule has 0 amide bonds. The van der Waals surface area contributed by atoms with E-state index in [0.717, 1.165) is 22.1 Å². The van der Waals surface area contributed by atoms with Gasteiger partial charge in [-0.25, -0.2) is 4.98 Å². The van der Waals surface area contributed by atoms with E-state index in [2.05, 4.69) is 14.7 Å². The lowest BCUT2D eigenvalue weighted by Crippen LogP contribution is -1.98. The summed E-state index contributed by atoms with van der Waals surface area (Å²) in [4.78, 5) is 4.18. The van der Waals surface area contributed by atoms with Gasteiger partial charge in [-0.15, -0.1) is 11.3 Å². The largest absolute Gasteiger partial charge is 0.383 e. The standard InChI is InChI=1S/C8H10N4S2/c1-5-7(9)12-14-8(5)11-4-6-10-2-3-13-6/h2-3,11H,4H2,1H3,(H2,9,12). The highest BCUT2D eigenvalue weighted by molar-refractivity contribution is 7.11. The van der Waals surface area contributed by atoms with Gasteiger partial charge in [-0.2, -0.15) is 4.37 Å². The molecule has 2 aromatic rings. The van der Waals surface area contributed by atoms with E-state index in [1.807, 2.05) is 12.3 Å². The van der Waals surface area contributed by atoms with E-state index in [0.29, 0.717) is 5.82 Å². The van der Waals surface area contributed by atoms with Gasteiger partial charge in [-0.1, -0.05) is 0 Å². The van der Waals surface area contributed by atoms with Crippen LogP contribution in [0, 0.1) is 6.92 Å². The van der Waals surface area contributed by atoms with Gasteiger partial charge in [0.1, 0.15) is 15.8 Å². The van der Waals surface area contributed by atoms with E-state index in [1.165, 1.54) is 11.5 Å². The maximum atomic E-state index is 5.64. The van der Waals surface area contributed by atoms with Crippen molar-refractivity contribution in [1.82, 2.24) is 9.36 Å². The van der Waals surface area contributed by atoms with Crippen molar-refractivity contribution in [2.45, 2.75) is 13.5 Å². The van der Waals surface area contributed by atoms with E-state index in [1.54, 1.807) is 17.5 Å². The molecule has 0 radical (unpaired) electrons. The van der Waals surface area contributed by atoms with Gasteiger partial charge in [-0.05, 0) is 18.5 Å². The molecule has 0 unspecified atom stereocenters. The predicted octanol–water partition coefficient (Wildman–Crippen LogP) is 2.10. The van der Waals surface area contributed by atoms with Gasteiger partial charge in [-0.3, -0.25) is 0 Å². The summed E-state index contributed by atoms with van der Waals surface area (Å²) in [7, 11) is 0. The number of hydrogen-bond acceptors (Lipinski definition) is 6. The Morgan fingerprint density at radius 1 is 1.57 bits per heavy atom. The molecule has 0 saturated heterocycles. The monoisotopic (exact) mass is 226 g/mol. The van der Waals surface area contributed by atoms with Gasteiger partial charge >= 0.3 is 0 Å². The molecule has 2 heterocycles. The Kier molecular flexibility index (Phi) is 2.64. The summed E-state index contributed by atoms with van der Waals surface area (Å²) in [5.74, 6) is 0.608. The first-order valence-corrected chi connectivity index (χ1v) is 5.76. The molecule has 0 aliphatic rings. The fourth-order valence-electron chi connectivity index (χ4n) is 1.01. The Labute approximate surface area is 90.0 Å². The lowest BCUT2D eigenvalue weighted by atomic mass is 10.3. The number of nitrogens with two attached hydrogens (primary N) is 1. The van der Waals surface area contributed by atoms with E-state index in [9.17, 15) is 0 Å². The van der Waals surface area contributed by atoms with E-state index in [-0.39, 0.29) is 0 Å². The molecule has 6 heteroatoms.